The van der Waals surface area contributed by atoms with Crippen LogP contribution < -0.4 is 10.2 Å². The van der Waals surface area contributed by atoms with Crippen LogP contribution in [-0.4, -0.2) is 56.0 Å². The predicted octanol–water partition coefficient (Wildman–Crippen LogP) is 2.99. The third-order valence-corrected chi connectivity index (χ3v) is 6.08. The molecule has 1 N–H and O–H groups in total. The van der Waals surface area contributed by atoms with E-state index in [2.05, 4.69) is 5.32 Å². The molecule has 3 amide bonds. The van der Waals surface area contributed by atoms with E-state index in [-0.39, 0.29) is 29.9 Å². The minimum Gasteiger partial charge on any atom is -0.449 e. The van der Waals surface area contributed by atoms with Crippen molar-refractivity contribution in [2.75, 3.05) is 43.6 Å². The first-order valence-corrected chi connectivity index (χ1v) is 10.6. The molecule has 2 aliphatic heterocycles. The molecule has 5 rings (SSSR count). The van der Waals surface area contributed by atoms with E-state index in [0.717, 1.165) is 5.56 Å². The summed E-state index contributed by atoms with van der Waals surface area (Å²) in [6.07, 6.45) is 0.0574. The molecule has 2 aliphatic rings. The highest BCUT2D eigenvalue weighted by atomic mass is 16.5. The fraction of sp³-hybridized carbons (Fsp3) is 0.292. The van der Waals surface area contributed by atoms with Gasteiger partial charge in [0.15, 0.2) is 0 Å². The van der Waals surface area contributed by atoms with Crippen molar-refractivity contribution in [2.45, 2.75) is 12.3 Å². The van der Waals surface area contributed by atoms with E-state index >= 15 is 0 Å². The quantitative estimate of drug-likeness (QED) is 0.686. The molecule has 3 aromatic rings. The summed E-state index contributed by atoms with van der Waals surface area (Å²) in [5.74, 6) is -1.34. The second kappa shape index (κ2) is 8.12. The van der Waals surface area contributed by atoms with Crippen LogP contribution >= 0.6 is 0 Å². The maximum atomic E-state index is 13.4. The lowest BCUT2D eigenvalue weighted by Crippen LogP contribution is -2.41. The van der Waals surface area contributed by atoms with E-state index in [9.17, 15) is 14.4 Å². The van der Waals surface area contributed by atoms with E-state index in [1.165, 1.54) is 0 Å². The highest BCUT2D eigenvalue weighted by Gasteiger charge is 2.35. The van der Waals surface area contributed by atoms with Crippen molar-refractivity contribution in [3.05, 3.63) is 59.9 Å². The second-order valence-corrected chi connectivity index (χ2v) is 7.96. The smallest absolute Gasteiger partial charge is 0.291 e. The minimum absolute atomic E-state index is 0.0574. The van der Waals surface area contributed by atoms with Gasteiger partial charge in [0.2, 0.25) is 17.6 Å². The predicted molar refractivity (Wildman–Crippen MR) is 119 cm³/mol. The molecule has 1 fully saturated rings. The molecule has 0 spiro atoms. The van der Waals surface area contributed by atoms with Gasteiger partial charge in [0.05, 0.1) is 19.1 Å². The number of hydrogen-bond acceptors (Lipinski definition) is 5. The summed E-state index contributed by atoms with van der Waals surface area (Å²) in [5.41, 5.74) is 2.34. The number of para-hydroxylation sites is 2. The van der Waals surface area contributed by atoms with Crippen LogP contribution in [0, 0.1) is 0 Å². The van der Waals surface area contributed by atoms with Crippen LogP contribution in [0.15, 0.2) is 52.9 Å². The number of carbonyl (C=O) groups excluding carboxylic acids is 3. The number of carbonyl (C=O) groups is 3. The Balaban J connectivity index is 1.51. The van der Waals surface area contributed by atoms with Crippen molar-refractivity contribution in [2.24, 2.45) is 0 Å². The van der Waals surface area contributed by atoms with Gasteiger partial charge >= 0.3 is 0 Å². The number of ether oxygens (including phenoxy) is 1. The number of hydrogen-bond donors (Lipinski definition) is 1. The van der Waals surface area contributed by atoms with Crippen molar-refractivity contribution in [3.8, 4) is 0 Å². The van der Waals surface area contributed by atoms with E-state index in [1.54, 1.807) is 29.0 Å². The van der Waals surface area contributed by atoms with Gasteiger partial charge in [-0.15, -0.1) is 0 Å². The van der Waals surface area contributed by atoms with Gasteiger partial charge in [-0.2, -0.15) is 0 Å². The maximum absolute atomic E-state index is 13.4. The summed E-state index contributed by atoms with van der Waals surface area (Å²) < 4.78 is 11.2. The van der Waals surface area contributed by atoms with Gasteiger partial charge in [-0.25, -0.2) is 0 Å². The molecule has 8 nitrogen and oxygen atoms in total. The number of rotatable bonds is 3. The molecule has 32 heavy (non-hydrogen) atoms. The van der Waals surface area contributed by atoms with Gasteiger partial charge in [-0.1, -0.05) is 30.3 Å². The number of fused-ring (bicyclic) bond motifs is 2. The largest absolute Gasteiger partial charge is 0.449 e. The van der Waals surface area contributed by atoms with E-state index < -0.39 is 5.92 Å². The van der Waals surface area contributed by atoms with Crippen LogP contribution in [0.25, 0.3) is 11.0 Å². The standard InChI is InChI=1S/C24H23N3O5/c1-26-18-8-4-2-6-15(18)17(14-20(26)28)23(29)25-21-16-7-3-5-9-19(16)32-22(21)24(30)27-10-12-31-13-11-27/h2-9,17H,10-14H2,1H3,(H,25,29). The third kappa shape index (κ3) is 3.42. The van der Waals surface area contributed by atoms with Crippen molar-refractivity contribution in [3.63, 3.8) is 0 Å². The second-order valence-electron chi connectivity index (χ2n) is 7.96. The van der Waals surface area contributed by atoms with Crippen molar-refractivity contribution in [1.29, 1.82) is 0 Å². The number of benzene rings is 2. The molecular formula is C24H23N3O5. The van der Waals surface area contributed by atoms with Crippen molar-refractivity contribution in [1.82, 2.24) is 4.90 Å². The zero-order valence-corrected chi connectivity index (χ0v) is 17.7. The fourth-order valence-electron chi connectivity index (χ4n) is 4.32. The average molecular weight is 433 g/mol. The average Bonchev–Trinajstić information content (AvgIpc) is 3.19. The van der Waals surface area contributed by atoms with Gasteiger partial charge in [-0.3, -0.25) is 14.4 Å². The maximum Gasteiger partial charge on any atom is 0.291 e. The number of amides is 3. The molecule has 1 atom stereocenters. The molecule has 1 aromatic heterocycles. The Hall–Kier alpha value is -3.65. The molecule has 2 aromatic carbocycles. The summed E-state index contributed by atoms with van der Waals surface area (Å²) in [4.78, 5) is 42.4. The first-order chi connectivity index (χ1) is 15.5. The zero-order chi connectivity index (χ0) is 22.2. The monoisotopic (exact) mass is 433 g/mol. The topological polar surface area (TPSA) is 92.1 Å². The summed E-state index contributed by atoms with van der Waals surface area (Å²) in [5, 5.41) is 3.56. The lowest BCUT2D eigenvalue weighted by molar-refractivity contribution is -0.124. The van der Waals surface area contributed by atoms with Gasteiger partial charge < -0.3 is 24.3 Å². The normalized spacial score (nSPS) is 18.5. The van der Waals surface area contributed by atoms with Crippen LogP contribution in [-0.2, 0) is 14.3 Å². The van der Waals surface area contributed by atoms with Crippen molar-refractivity contribution >= 4 is 40.1 Å². The first kappa shape index (κ1) is 20.3. The molecule has 164 valence electrons. The molecule has 3 heterocycles. The summed E-state index contributed by atoms with van der Waals surface area (Å²) in [6, 6.07) is 14.6. The van der Waals surface area contributed by atoms with Crippen LogP contribution in [0.2, 0.25) is 0 Å². The molecule has 0 bridgehead atoms. The van der Waals surface area contributed by atoms with Gasteiger partial charge in [0.25, 0.3) is 5.91 Å². The lowest BCUT2D eigenvalue weighted by Gasteiger charge is -2.31. The Labute approximate surface area is 184 Å². The fourth-order valence-corrected chi connectivity index (χ4v) is 4.32. The van der Waals surface area contributed by atoms with Gasteiger partial charge in [0, 0.05) is 37.6 Å². The van der Waals surface area contributed by atoms with E-state index in [0.29, 0.717) is 48.6 Å². The number of morpholine rings is 1. The SMILES string of the molecule is CN1C(=O)CC(C(=O)Nc2c(C(=O)N3CCOCC3)oc3ccccc23)c2ccccc21. The number of nitrogens with one attached hydrogen (secondary N) is 1. The Morgan fingerprint density at radius 1 is 1.03 bits per heavy atom. The Morgan fingerprint density at radius 2 is 1.75 bits per heavy atom. The van der Waals surface area contributed by atoms with Crippen molar-refractivity contribution < 1.29 is 23.5 Å². The van der Waals surface area contributed by atoms with Crippen LogP contribution in [0.5, 0.6) is 0 Å². The summed E-state index contributed by atoms with van der Waals surface area (Å²) in [7, 11) is 1.71. The van der Waals surface area contributed by atoms with Crippen LogP contribution in [0.4, 0.5) is 11.4 Å². The Morgan fingerprint density at radius 3 is 2.56 bits per heavy atom. The summed E-state index contributed by atoms with van der Waals surface area (Å²) in [6.45, 7) is 1.84. The lowest BCUT2D eigenvalue weighted by atomic mass is 9.89. The van der Waals surface area contributed by atoms with Gasteiger partial charge in [-0.05, 0) is 23.8 Å². The number of nitrogens with zero attached hydrogens (tertiary/aromatic N) is 2. The van der Waals surface area contributed by atoms with E-state index in [4.69, 9.17) is 9.15 Å². The van der Waals surface area contributed by atoms with Gasteiger partial charge in [0.1, 0.15) is 11.3 Å². The van der Waals surface area contributed by atoms with Crippen LogP contribution in [0.1, 0.15) is 28.5 Å². The Kier molecular flexibility index (Phi) is 5.14. The summed E-state index contributed by atoms with van der Waals surface area (Å²) >= 11 is 0. The molecule has 0 radical (unpaired) electrons. The number of furan rings is 1. The Bertz CT molecular complexity index is 1210. The molecule has 0 aliphatic carbocycles. The molecule has 0 saturated carbocycles. The first-order valence-electron chi connectivity index (χ1n) is 10.6. The highest BCUT2D eigenvalue weighted by Crippen LogP contribution is 2.38. The molecular weight excluding hydrogens is 410 g/mol. The van der Waals surface area contributed by atoms with Crippen LogP contribution in [0.3, 0.4) is 0 Å². The third-order valence-electron chi connectivity index (χ3n) is 6.08. The zero-order valence-electron chi connectivity index (χ0n) is 17.7. The number of anilines is 2. The molecule has 1 unspecified atom stereocenters. The molecule has 1 saturated heterocycles. The molecule has 8 heteroatoms. The minimum atomic E-state index is -0.657. The van der Waals surface area contributed by atoms with E-state index in [1.807, 2.05) is 36.4 Å². The highest BCUT2D eigenvalue weighted by molar-refractivity contribution is 6.13.